The summed E-state index contributed by atoms with van der Waals surface area (Å²) in [6, 6.07) is 5.69. The summed E-state index contributed by atoms with van der Waals surface area (Å²) >= 11 is 1.57. The Kier molecular flexibility index (Phi) is 5.11. The van der Waals surface area contributed by atoms with E-state index in [-0.39, 0.29) is 12.1 Å². The minimum Gasteiger partial charge on any atom is -0.462 e. The summed E-state index contributed by atoms with van der Waals surface area (Å²) in [6.45, 7) is 2.93. The highest BCUT2D eigenvalue weighted by Crippen LogP contribution is 2.24. The Balaban J connectivity index is 1.84. The third-order valence-electron chi connectivity index (χ3n) is 4.36. The molecule has 24 heavy (non-hydrogen) atoms. The molecular formula is C17H20N2O4S. The number of amides is 1. The van der Waals surface area contributed by atoms with E-state index in [9.17, 15) is 9.59 Å². The number of carbonyl (C=O) groups is 2. The van der Waals surface area contributed by atoms with Crippen molar-refractivity contribution in [2.75, 3.05) is 13.7 Å². The molecule has 7 heteroatoms. The lowest BCUT2D eigenvalue weighted by Crippen LogP contribution is -2.47. The van der Waals surface area contributed by atoms with Gasteiger partial charge in [0.1, 0.15) is 0 Å². The molecule has 0 radical (unpaired) electrons. The first kappa shape index (κ1) is 16.9. The predicted octanol–water partition coefficient (Wildman–Crippen LogP) is 2.37. The standard InChI is InChI=1S/C17H20N2O4S/c1-11(14-4-3-7-23-14)19(16(20)17(21)22-2)9-12-5-6-15-13(8-12)18-10-24-15/h5-6,8,10-11,14H,3-4,7,9H2,1-2H3/t11-,14+/m1/s1. The zero-order valence-electron chi connectivity index (χ0n) is 13.7. The fraction of sp³-hybridized carbons (Fsp3) is 0.471. The third kappa shape index (κ3) is 3.42. The maximum absolute atomic E-state index is 12.5. The fourth-order valence-corrected chi connectivity index (χ4v) is 3.65. The second-order valence-electron chi connectivity index (χ2n) is 5.87. The van der Waals surface area contributed by atoms with Crippen molar-refractivity contribution >= 4 is 33.4 Å². The Morgan fingerprint density at radius 1 is 1.50 bits per heavy atom. The van der Waals surface area contributed by atoms with Gasteiger partial charge in [-0.25, -0.2) is 9.78 Å². The van der Waals surface area contributed by atoms with Gasteiger partial charge in [-0.1, -0.05) is 6.07 Å². The van der Waals surface area contributed by atoms with Crippen LogP contribution < -0.4 is 0 Å². The quantitative estimate of drug-likeness (QED) is 0.627. The monoisotopic (exact) mass is 348 g/mol. The number of carbonyl (C=O) groups excluding carboxylic acids is 2. The van der Waals surface area contributed by atoms with Crippen LogP contribution in [-0.2, 0) is 25.6 Å². The van der Waals surface area contributed by atoms with Gasteiger partial charge >= 0.3 is 11.9 Å². The van der Waals surface area contributed by atoms with Crippen LogP contribution in [0.25, 0.3) is 10.2 Å². The highest BCUT2D eigenvalue weighted by Gasteiger charge is 2.33. The molecule has 2 atom stereocenters. The summed E-state index contributed by atoms with van der Waals surface area (Å²) in [5, 5.41) is 0. The number of fused-ring (bicyclic) bond motifs is 1. The lowest BCUT2D eigenvalue weighted by atomic mass is 10.1. The molecule has 2 heterocycles. The van der Waals surface area contributed by atoms with Gasteiger partial charge in [-0.15, -0.1) is 11.3 Å². The van der Waals surface area contributed by atoms with E-state index in [1.807, 2.05) is 25.1 Å². The second kappa shape index (κ2) is 7.27. The normalized spacial score (nSPS) is 18.5. The first-order valence-electron chi connectivity index (χ1n) is 7.93. The smallest absolute Gasteiger partial charge is 0.396 e. The molecule has 3 rings (SSSR count). The number of ether oxygens (including phenoxy) is 2. The predicted molar refractivity (Wildman–Crippen MR) is 90.6 cm³/mol. The molecule has 0 N–H and O–H groups in total. The Morgan fingerprint density at radius 2 is 2.33 bits per heavy atom. The Bertz CT molecular complexity index is 739. The number of thiazole rings is 1. The maximum Gasteiger partial charge on any atom is 0.396 e. The molecule has 1 aliphatic heterocycles. The number of nitrogens with zero attached hydrogens (tertiary/aromatic N) is 2. The SMILES string of the molecule is COC(=O)C(=O)N(Cc1ccc2scnc2c1)[C@H](C)[C@@H]1CCCO1. The Hall–Kier alpha value is -1.99. The molecule has 1 aliphatic rings. The minimum atomic E-state index is -0.852. The van der Waals surface area contributed by atoms with Crippen LogP contribution in [0.3, 0.4) is 0 Å². The van der Waals surface area contributed by atoms with Crippen molar-refractivity contribution in [1.82, 2.24) is 9.88 Å². The van der Waals surface area contributed by atoms with Crippen molar-refractivity contribution in [1.29, 1.82) is 0 Å². The van der Waals surface area contributed by atoms with E-state index in [1.54, 1.807) is 16.8 Å². The molecule has 1 saturated heterocycles. The van der Waals surface area contributed by atoms with Gasteiger partial charge in [-0.05, 0) is 37.5 Å². The van der Waals surface area contributed by atoms with Crippen LogP contribution in [0.1, 0.15) is 25.3 Å². The van der Waals surface area contributed by atoms with Crippen molar-refractivity contribution in [2.45, 2.75) is 38.5 Å². The molecule has 128 valence electrons. The van der Waals surface area contributed by atoms with E-state index < -0.39 is 11.9 Å². The molecule has 1 aromatic heterocycles. The molecule has 1 fully saturated rings. The van der Waals surface area contributed by atoms with E-state index >= 15 is 0 Å². The molecule has 1 aromatic carbocycles. The van der Waals surface area contributed by atoms with Crippen molar-refractivity contribution in [3.8, 4) is 0 Å². The van der Waals surface area contributed by atoms with E-state index in [0.29, 0.717) is 13.2 Å². The third-order valence-corrected chi connectivity index (χ3v) is 5.17. The maximum atomic E-state index is 12.5. The summed E-state index contributed by atoms with van der Waals surface area (Å²) < 4.78 is 11.4. The topological polar surface area (TPSA) is 68.7 Å². The van der Waals surface area contributed by atoms with Gasteiger partial charge in [0, 0.05) is 13.2 Å². The van der Waals surface area contributed by atoms with Gasteiger partial charge in [-0.3, -0.25) is 4.79 Å². The molecule has 0 unspecified atom stereocenters. The second-order valence-corrected chi connectivity index (χ2v) is 6.76. The first-order chi connectivity index (χ1) is 11.6. The largest absolute Gasteiger partial charge is 0.462 e. The van der Waals surface area contributed by atoms with Crippen LogP contribution in [0.2, 0.25) is 0 Å². The number of aromatic nitrogens is 1. The highest BCUT2D eigenvalue weighted by atomic mass is 32.1. The average Bonchev–Trinajstić information content (AvgIpc) is 3.28. The van der Waals surface area contributed by atoms with Crippen LogP contribution in [-0.4, -0.2) is 47.6 Å². The van der Waals surface area contributed by atoms with E-state index in [2.05, 4.69) is 9.72 Å². The summed E-state index contributed by atoms with van der Waals surface area (Å²) in [4.78, 5) is 30.1. The number of methoxy groups -OCH3 is 1. The van der Waals surface area contributed by atoms with Crippen LogP contribution in [0, 0.1) is 0 Å². The highest BCUT2D eigenvalue weighted by molar-refractivity contribution is 7.16. The summed E-state index contributed by atoms with van der Waals surface area (Å²) in [7, 11) is 1.22. The van der Waals surface area contributed by atoms with Gasteiger partial charge in [0.2, 0.25) is 0 Å². The lowest BCUT2D eigenvalue weighted by molar-refractivity contribution is -0.161. The van der Waals surface area contributed by atoms with E-state index in [4.69, 9.17) is 4.74 Å². The number of benzene rings is 1. The van der Waals surface area contributed by atoms with Crippen LogP contribution >= 0.6 is 11.3 Å². The molecule has 6 nitrogen and oxygen atoms in total. The van der Waals surface area contributed by atoms with Gasteiger partial charge < -0.3 is 14.4 Å². The van der Waals surface area contributed by atoms with Crippen LogP contribution in [0.4, 0.5) is 0 Å². The van der Waals surface area contributed by atoms with Crippen molar-refractivity contribution in [3.63, 3.8) is 0 Å². The van der Waals surface area contributed by atoms with Crippen LogP contribution in [0.5, 0.6) is 0 Å². The van der Waals surface area contributed by atoms with Gasteiger partial charge in [0.25, 0.3) is 0 Å². The van der Waals surface area contributed by atoms with Crippen molar-refractivity contribution in [3.05, 3.63) is 29.3 Å². The molecule has 0 saturated carbocycles. The Labute approximate surface area is 144 Å². The zero-order valence-corrected chi connectivity index (χ0v) is 14.5. The zero-order chi connectivity index (χ0) is 17.1. The lowest BCUT2D eigenvalue weighted by Gasteiger charge is -2.31. The van der Waals surface area contributed by atoms with Crippen molar-refractivity contribution < 1.29 is 19.1 Å². The molecule has 1 amide bonds. The summed E-state index contributed by atoms with van der Waals surface area (Å²) in [5.74, 6) is -1.49. The molecule has 0 bridgehead atoms. The number of hydrogen-bond donors (Lipinski definition) is 0. The molecule has 0 aliphatic carbocycles. The number of rotatable bonds is 4. The van der Waals surface area contributed by atoms with Gasteiger partial charge in [0.05, 0.1) is 35.0 Å². The number of esters is 1. The van der Waals surface area contributed by atoms with Crippen LogP contribution in [0.15, 0.2) is 23.7 Å². The average molecular weight is 348 g/mol. The minimum absolute atomic E-state index is 0.0541. The van der Waals surface area contributed by atoms with E-state index in [1.165, 1.54) is 12.0 Å². The van der Waals surface area contributed by atoms with Gasteiger partial charge in [0.15, 0.2) is 0 Å². The fourth-order valence-electron chi connectivity index (χ4n) is 2.99. The molecule has 0 spiro atoms. The molecular weight excluding hydrogens is 328 g/mol. The number of hydrogen-bond acceptors (Lipinski definition) is 6. The van der Waals surface area contributed by atoms with Gasteiger partial charge in [-0.2, -0.15) is 0 Å². The van der Waals surface area contributed by atoms with E-state index in [0.717, 1.165) is 28.6 Å². The summed E-state index contributed by atoms with van der Waals surface area (Å²) in [5.41, 5.74) is 3.61. The molecule has 2 aromatic rings. The first-order valence-corrected chi connectivity index (χ1v) is 8.80. The summed E-state index contributed by atoms with van der Waals surface area (Å²) in [6.07, 6.45) is 1.80. The Morgan fingerprint density at radius 3 is 3.04 bits per heavy atom. The van der Waals surface area contributed by atoms with Crippen molar-refractivity contribution in [2.24, 2.45) is 0 Å².